The lowest BCUT2D eigenvalue weighted by Crippen LogP contribution is -2.43. The van der Waals surface area contributed by atoms with Crippen molar-refractivity contribution in [3.05, 3.63) is 59.1 Å². The van der Waals surface area contributed by atoms with Crippen LogP contribution >= 0.6 is 11.3 Å². The zero-order valence-electron chi connectivity index (χ0n) is 20.0. The van der Waals surface area contributed by atoms with E-state index in [1.54, 1.807) is 41.5 Å². The third-order valence-corrected chi connectivity index (χ3v) is 7.34. The second kappa shape index (κ2) is 10.2. The van der Waals surface area contributed by atoms with E-state index in [-0.39, 0.29) is 24.8 Å². The topological polar surface area (TPSA) is 78.0 Å². The molecule has 3 aromatic rings. The highest BCUT2D eigenvalue weighted by atomic mass is 32.1. The summed E-state index contributed by atoms with van der Waals surface area (Å²) in [5.41, 5.74) is 4.36. The molecule has 2 amide bonds. The largest absolute Gasteiger partial charge is 0.482 e. The van der Waals surface area contributed by atoms with Gasteiger partial charge in [0.1, 0.15) is 10.8 Å². The summed E-state index contributed by atoms with van der Waals surface area (Å²) < 4.78 is 5.44. The van der Waals surface area contributed by atoms with E-state index in [4.69, 9.17) is 9.72 Å². The van der Waals surface area contributed by atoms with Crippen LogP contribution in [0.4, 0.5) is 11.4 Å². The Balaban J connectivity index is 1.21. The number of fused-ring (bicyclic) bond motifs is 1. The third-order valence-electron chi connectivity index (χ3n) is 6.40. The molecule has 9 heteroatoms. The molecule has 2 aliphatic rings. The maximum Gasteiger partial charge on any atom is 0.264 e. The molecule has 1 saturated heterocycles. The van der Waals surface area contributed by atoms with E-state index in [1.807, 2.05) is 5.38 Å². The maximum absolute atomic E-state index is 12.7. The number of amides is 2. The van der Waals surface area contributed by atoms with Crippen molar-refractivity contribution in [3.63, 3.8) is 0 Å². The first kappa shape index (κ1) is 23.5. The Labute approximate surface area is 209 Å². The number of carbonyl (C=O) groups excluding carboxylic acids is 2. The number of hydrogen-bond donors (Lipinski definition) is 1. The summed E-state index contributed by atoms with van der Waals surface area (Å²) >= 11 is 1.55. The number of piperazine rings is 1. The molecule has 0 spiro atoms. The van der Waals surface area contributed by atoms with Crippen molar-refractivity contribution in [1.82, 2.24) is 14.8 Å². The van der Waals surface area contributed by atoms with Crippen LogP contribution in [0.5, 0.6) is 5.75 Å². The van der Waals surface area contributed by atoms with Crippen molar-refractivity contribution in [2.45, 2.75) is 13.0 Å². The quantitative estimate of drug-likeness (QED) is 0.571. The van der Waals surface area contributed by atoms with E-state index < -0.39 is 0 Å². The molecule has 0 aliphatic carbocycles. The molecule has 8 nitrogen and oxygen atoms in total. The molecule has 35 heavy (non-hydrogen) atoms. The van der Waals surface area contributed by atoms with Gasteiger partial charge in [-0.25, -0.2) is 4.98 Å². The van der Waals surface area contributed by atoms with Crippen LogP contribution < -0.4 is 15.0 Å². The number of thiazole rings is 1. The number of likely N-dealkylation sites (N-methyl/N-ethyl adjacent to an activating group) is 2. The van der Waals surface area contributed by atoms with Crippen LogP contribution in [-0.4, -0.2) is 73.5 Å². The van der Waals surface area contributed by atoms with E-state index in [0.29, 0.717) is 17.1 Å². The maximum atomic E-state index is 12.7. The minimum atomic E-state index is -0.156. The predicted octanol–water partition coefficient (Wildman–Crippen LogP) is 3.09. The first-order valence-electron chi connectivity index (χ1n) is 11.7. The monoisotopic (exact) mass is 491 g/mol. The van der Waals surface area contributed by atoms with Crippen molar-refractivity contribution in [3.8, 4) is 16.3 Å². The number of carbonyl (C=O) groups is 2. The fraction of sp³-hybridized carbons (Fsp3) is 0.346. The average molecular weight is 492 g/mol. The van der Waals surface area contributed by atoms with Gasteiger partial charge >= 0.3 is 0 Å². The first-order valence-corrected chi connectivity index (χ1v) is 12.6. The molecule has 2 aromatic carbocycles. The zero-order chi connectivity index (χ0) is 24.4. The highest BCUT2D eigenvalue weighted by molar-refractivity contribution is 7.13. The van der Waals surface area contributed by atoms with Gasteiger partial charge in [0.05, 0.1) is 17.8 Å². The van der Waals surface area contributed by atoms with Gasteiger partial charge in [0.15, 0.2) is 6.61 Å². The SMILES string of the molecule is CN1CCN(Cc2cccc(-c3nc(CC(=O)Nc4ccc5c(c4)N(C)C(=O)CO5)cs3)c2)CC1. The van der Waals surface area contributed by atoms with Crippen molar-refractivity contribution in [2.75, 3.05) is 57.1 Å². The summed E-state index contributed by atoms with van der Waals surface area (Å²) in [6.45, 7) is 5.34. The Morgan fingerprint density at radius 1 is 1.11 bits per heavy atom. The lowest BCUT2D eigenvalue weighted by atomic mass is 10.1. The molecule has 0 saturated carbocycles. The van der Waals surface area contributed by atoms with Crippen molar-refractivity contribution >= 4 is 34.5 Å². The lowest BCUT2D eigenvalue weighted by Gasteiger charge is -2.32. The van der Waals surface area contributed by atoms with Crippen LogP contribution in [0.3, 0.4) is 0 Å². The first-order chi connectivity index (χ1) is 16.9. The average Bonchev–Trinajstić information content (AvgIpc) is 3.32. The van der Waals surface area contributed by atoms with Gasteiger partial charge in [0.2, 0.25) is 5.91 Å². The number of benzene rings is 2. The molecular formula is C26H29N5O3S. The summed E-state index contributed by atoms with van der Waals surface area (Å²) in [7, 11) is 3.87. The van der Waals surface area contributed by atoms with Gasteiger partial charge in [-0.05, 0) is 36.9 Å². The van der Waals surface area contributed by atoms with E-state index in [1.165, 1.54) is 5.56 Å². The number of ether oxygens (including phenoxy) is 1. The number of nitrogens with zero attached hydrogens (tertiary/aromatic N) is 4. The normalized spacial score (nSPS) is 16.6. The van der Waals surface area contributed by atoms with Crippen LogP contribution in [0.2, 0.25) is 0 Å². The van der Waals surface area contributed by atoms with Gasteiger partial charge in [-0.15, -0.1) is 11.3 Å². The Bertz CT molecular complexity index is 1240. The van der Waals surface area contributed by atoms with Crippen molar-refractivity contribution in [2.24, 2.45) is 0 Å². The van der Waals surface area contributed by atoms with Gasteiger partial charge in [-0.3, -0.25) is 14.5 Å². The summed E-state index contributed by atoms with van der Waals surface area (Å²) in [5, 5.41) is 5.76. The summed E-state index contributed by atoms with van der Waals surface area (Å²) in [4.78, 5) is 35.7. The fourth-order valence-electron chi connectivity index (χ4n) is 4.31. The molecule has 1 fully saturated rings. The Kier molecular flexibility index (Phi) is 6.81. The van der Waals surface area contributed by atoms with Crippen LogP contribution in [0.25, 0.3) is 10.6 Å². The molecule has 1 N–H and O–H groups in total. The third kappa shape index (κ3) is 5.53. The highest BCUT2D eigenvalue weighted by Gasteiger charge is 2.22. The Morgan fingerprint density at radius 2 is 1.94 bits per heavy atom. The van der Waals surface area contributed by atoms with Crippen molar-refractivity contribution < 1.29 is 14.3 Å². The summed E-state index contributed by atoms with van der Waals surface area (Å²) in [5.74, 6) is 0.351. The molecule has 5 rings (SSSR count). The van der Waals surface area contributed by atoms with Gasteiger partial charge in [-0.2, -0.15) is 0 Å². The molecule has 1 aromatic heterocycles. The molecule has 0 bridgehead atoms. The lowest BCUT2D eigenvalue weighted by molar-refractivity contribution is -0.121. The van der Waals surface area contributed by atoms with Crippen LogP contribution in [-0.2, 0) is 22.6 Å². The number of nitrogens with one attached hydrogen (secondary N) is 1. The fourth-order valence-corrected chi connectivity index (χ4v) is 5.12. The standard InChI is InChI=1S/C26H29N5O3S/c1-29-8-10-31(11-9-29)15-18-4-3-5-19(12-18)26-28-21(17-35-26)14-24(32)27-20-6-7-23-22(13-20)30(2)25(33)16-34-23/h3-7,12-13,17H,8-11,14-16H2,1-2H3,(H,27,32). The van der Waals surface area contributed by atoms with E-state index in [2.05, 4.69) is 46.4 Å². The van der Waals surface area contributed by atoms with Crippen LogP contribution in [0.1, 0.15) is 11.3 Å². The van der Waals surface area contributed by atoms with E-state index in [9.17, 15) is 9.59 Å². The molecule has 0 atom stereocenters. The Morgan fingerprint density at radius 3 is 2.77 bits per heavy atom. The van der Waals surface area contributed by atoms with Crippen molar-refractivity contribution in [1.29, 1.82) is 0 Å². The summed E-state index contributed by atoms with van der Waals surface area (Å²) in [6.07, 6.45) is 0.180. The number of rotatable bonds is 6. The van der Waals surface area contributed by atoms with Gasteiger partial charge in [0, 0.05) is 56.4 Å². The zero-order valence-corrected chi connectivity index (χ0v) is 20.8. The Hall–Kier alpha value is -3.27. The molecule has 0 unspecified atom stereocenters. The molecular weight excluding hydrogens is 462 g/mol. The molecule has 2 aliphatic heterocycles. The molecule has 0 radical (unpaired) electrons. The van der Waals surface area contributed by atoms with E-state index in [0.717, 1.165) is 49.0 Å². The predicted molar refractivity (Wildman–Crippen MR) is 138 cm³/mol. The van der Waals surface area contributed by atoms with Gasteiger partial charge in [0.25, 0.3) is 5.91 Å². The van der Waals surface area contributed by atoms with E-state index >= 15 is 0 Å². The van der Waals surface area contributed by atoms with Gasteiger partial charge < -0.3 is 19.9 Å². The van der Waals surface area contributed by atoms with Crippen LogP contribution in [0.15, 0.2) is 47.8 Å². The van der Waals surface area contributed by atoms with Crippen LogP contribution in [0, 0.1) is 0 Å². The second-order valence-corrected chi connectivity index (χ2v) is 9.93. The smallest absolute Gasteiger partial charge is 0.264 e. The second-order valence-electron chi connectivity index (χ2n) is 9.07. The minimum Gasteiger partial charge on any atom is -0.482 e. The molecule has 3 heterocycles. The summed E-state index contributed by atoms with van der Waals surface area (Å²) in [6, 6.07) is 13.8. The van der Waals surface area contributed by atoms with Gasteiger partial charge in [-0.1, -0.05) is 18.2 Å². The highest BCUT2D eigenvalue weighted by Crippen LogP contribution is 2.33. The minimum absolute atomic E-state index is 0.0279. The number of anilines is 2. The number of hydrogen-bond acceptors (Lipinski definition) is 7. The molecule has 182 valence electrons. The number of aromatic nitrogens is 1.